The van der Waals surface area contributed by atoms with Crippen molar-refractivity contribution in [3.05, 3.63) is 17.7 Å². The number of anilines is 1. The molecule has 0 spiro atoms. The maximum atomic E-state index is 13.6. The molecule has 1 saturated heterocycles. The van der Waals surface area contributed by atoms with Crippen molar-refractivity contribution in [2.75, 3.05) is 30.9 Å². The summed E-state index contributed by atoms with van der Waals surface area (Å²) in [5.74, 6) is 2.33. The highest BCUT2D eigenvalue weighted by atomic mass is 32.2. The van der Waals surface area contributed by atoms with Crippen LogP contribution >= 0.6 is 11.8 Å². The van der Waals surface area contributed by atoms with E-state index in [1.54, 1.807) is 11.8 Å². The number of esters is 1. The number of nitrogens with one attached hydrogen (secondary N) is 1. The van der Waals surface area contributed by atoms with Gasteiger partial charge >= 0.3 is 12.6 Å². The van der Waals surface area contributed by atoms with E-state index in [4.69, 9.17) is 14.5 Å². The zero-order valence-electron chi connectivity index (χ0n) is 22.3. The quantitative estimate of drug-likeness (QED) is 0.313. The predicted octanol–water partition coefficient (Wildman–Crippen LogP) is 5.28. The summed E-state index contributed by atoms with van der Waals surface area (Å²) in [6.45, 7) is 0.950. The maximum Gasteiger partial charge on any atom is 0.345 e. The maximum absolute atomic E-state index is 13.6. The molecule has 210 valence electrons. The lowest BCUT2D eigenvalue weighted by molar-refractivity contribution is -0.260. The Kier molecular flexibility index (Phi) is 8.48. The molecule has 1 aliphatic heterocycles. The van der Waals surface area contributed by atoms with Gasteiger partial charge in [0.1, 0.15) is 10.8 Å². The zero-order valence-corrected chi connectivity index (χ0v) is 23.1. The summed E-state index contributed by atoms with van der Waals surface area (Å²) >= 11 is 1.59. The number of carbonyl (C=O) groups is 2. The van der Waals surface area contributed by atoms with Gasteiger partial charge in [0.25, 0.3) is 5.91 Å². The second-order valence-corrected chi connectivity index (χ2v) is 12.7. The lowest BCUT2D eigenvalue weighted by Crippen LogP contribution is -2.62. The molecule has 2 heterocycles. The van der Waals surface area contributed by atoms with E-state index in [2.05, 4.69) is 17.1 Å². The van der Waals surface area contributed by atoms with E-state index < -0.39 is 12.2 Å². The fourth-order valence-electron chi connectivity index (χ4n) is 7.59. The summed E-state index contributed by atoms with van der Waals surface area (Å²) in [7, 11) is 1.42. The van der Waals surface area contributed by atoms with Crippen LogP contribution < -0.4 is 10.2 Å². The first-order chi connectivity index (χ1) is 18.3. The molecule has 0 aromatic carbocycles. The van der Waals surface area contributed by atoms with Gasteiger partial charge < -0.3 is 19.7 Å². The van der Waals surface area contributed by atoms with Gasteiger partial charge in [-0.2, -0.15) is 8.78 Å². The van der Waals surface area contributed by atoms with Gasteiger partial charge in [-0.1, -0.05) is 6.92 Å². The second kappa shape index (κ2) is 11.7. The Morgan fingerprint density at radius 3 is 2.68 bits per heavy atom. The highest BCUT2D eigenvalue weighted by molar-refractivity contribution is 7.99. The van der Waals surface area contributed by atoms with Gasteiger partial charge in [-0.05, 0) is 92.9 Å². The van der Waals surface area contributed by atoms with Crippen molar-refractivity contribution in [2.24, 2.45) is 23.7 Å². The Morgan fingerprint density at radius 1 is 1.24 bits per heavy atom. The van der Waals surface area contributed by atoms with Gasteiger partial charge in [0.05, 0.1) is 18.3 Å². The summed E-state index contributed by atoms with van der Waals surface area (Å²) in [5.41, 5.74) is -0.153. The van der Waals surface area contributed by atoms with E-state index in [1.807, 2.05) is 12.1 Å². The molecule has 38 heavy (non-hydrogen) atoms. The van der Waals surface area contributed by atoms with Crippen LogP contribution in [0, 0.1) is 23.7 Å². The molecule has 4 saturated carbocycles. The minimum atomic E-state index is -2.75. The number of amides is 1. The first-order valence-corrected chi connectivity index (χ1v) is 15.0. The first kappa shape index (κ1) is 27.6. The number of thioether (sulfide) groups is 1. The number of carbonyl (C=O) groups excluding carboxylic acids is 2. The van der Waals surface area contributed by atoms with Crippen LogP contribution in [0.4, 0.5) is 14.6 Å². The van der Waals surface area contributed by atoms with Crippen molar-refractivity contribution < 1.29 is 27.8 Å². The molecule has 2 unspecified atom stereocenters. The van der Waals surface area contributed by atoms with Gasteiger partial charge in [0, 0.05) is 25.6 Å². The van der Waals surface area contributed by atoms with Crippen molar-refractivity contribution in [3.63, 3.8) is 0 Å². The number of ether oxygens (including phenoxy) is 2. The fourth-order valence-corrected chi connectivity index (χ4v) is 8.47. The Balaban J connectivity index is 1.30. The molecule has 5 aliphatic rings. The number of hydrogen-bond acceptors (Lipinski definition) is 7. The third-order valence-electron chi connectivity index (χ3n) is 8.91. The minimum Gasteiger partial charge on any atom is -0.469 e. The average molecular weight is 552 g/mol. The van der Waals surface area contributed by atoms with E-state index in [-0.39, 0.29) is 35.7 Å². The largest absolute Gasteiger partial charge is 0.469 e. The van der Waals surface area contributed by atoms with Crippen LogP contribution in [0.15, 0.2) is 17.2 Å². The van der Waals surface area contributed by atoms with E-state index in [0.29, 0.717) is 37.2 Å². The van der Waals surface area contributed by atoms with Crippen LogP contribution in [0.3, 0.4) is 0 Å². The lowest BCUT2D eigenvalue weighted by Gasteiger charge is -2.59. The van der Waals surface area contributed by atoms with Gasteiger partial charge in [-0.25, -0.2) is 4.98 Å². The zero-order chi connectivity index (χ0) is 26.9. The Labute approximate surface area is 227 Å². The molecule has 1 aromatic rings. The monoisotopic (exact) mass is 551 g/mol. The Bertz CT molecular complexity index is 1010. The number of piperidine rings is 1. The molecule has 1 amide bonds. The average Bonchev–Trinajstić information content (AvgIpc) is 2.88. The van der Waals surface area contributed by atoms with Gasteiger partial charge in [-0.15, -0.1) is 11.8 Å². The second-order valence-electron chi connectivity index (χ2n) is 11.6. The van der Waals surface area contributed by atoms with Crippen molar-refractivity contribution in [3.8, 4) is 0 Å². The molecule has 0 radical (unpaired) electrons. The topological polar surface area (TPSA) is 80.8 Å². The van der Waals surface area contributed by atoms with Crippen LogP contribution in [0.1, 0.15) is 75.1 Å². The van der Waals surface area contributed by atoms with Crippen LogP contribution in [0.25, 0.3) is 0 Å². The molecule has 5 fully saturated rings. The number of rotatable bonds is 10. The minimum absolute atomic E-state index is 0.0154. The molecular weight excluding hydrogens is 512 g/mol. The third kappa shape index (κ3) is 5.96. The number of methoxy groups -OCH3 is 1. The summed E-state index contributed by atoms with van der Waals surface area (Å²) in [4.78, 5) is 32.5. The molecule has 1 N–H and O–H groups in total. The molecule has 1 aromatic heterocycles. The molecule has 10 heteroatoms. The highest BCUT2D eigenvalue weighted by Crippen LogP contribution is 2.57. The van der Waals surface area contributed by atoms with Crippen molar-refractivity contribution in [1.29, 1.82) is 0 Å². The van der Waals surface area contributed by atoms with Crippen LogP contribution in [-0.4, -0.2) is 61.1 Å². The number of alkyl halides is 2. The van der Waals surface area contributed by atoms with E-state index in [0.717, 1.165) is 61.8 Å². The summed E-state index contributed by atoms with van der Waals surface area (Å²) in [6.07, 6.45) is 7.14. The Hall–Kier alpha value is -1.94. The van der Waals surface area contributed by atoms with Gasteiger partial charge in [0.15, 0.2) is 0 Å². The van der Waals surface area contributed by atoms with Crippen LogP contribution in [0.2, 0.25) is 0 Å². The number of halogens is 2. The number of aromatic nitrogens is 1. The van der Waals surface area contributed by atoms with E-state index in [1.165, 1.54) is 7.11 Å². The van der Waals surface area contributed by atoms with Crippen molar-refractivity contribution in [2.45, 2.75) is 88.0 Å². The number of pyridine rings is 1. The normalized spacial score (nSPS) is 32.0. The smallest absolute Gasteiger partial charge is 0.345 e. The molecule has 4 aliphatic carbocycles. The van der Waals surface area contributed by atoms with E-state index in [9.17, 15) is 18.4 Å². The SMILES string of the molecule is CCCSc1nc(N2CCC[C@@H](CC(=O)OC)C2)ccc1C(=O)N[C@H]1C2CC3CC1C[C@@](OC(F)F)(C3)C2. The molecule has 4 bridgehead atoms. The summed E-state index contributed by atoms with van der Waals surface area (Å²) in [5, 5.41) is 4.02. The van der Waals surface area contributed by atoms with Crippen molar-refractivity contribution >= 4 is 29.5 Å². The predicted molar refractivity (Wildman–Crippen MR) is 141 cm³/mol. The van der Waals surface area contributed by atoms with Crippen LogP contribution in [0.5, 0.6) is 0 Å². The fraction of sp³-hybridized carbons (Fsp3) is 0.750. The highest BCUT2D eigenvalue weighted by Gasteiger charge is 2.57. The van der Waals surface area contributed by atoms with E-state index >= 15 is 0 Å². The van der Waals surface area contributed by atoms with Gasteiger partial charge in [-0.3, -0.25) is 9.59 Å². The molecule has 6 rings (SSSR count). The lowest BCUT2D eigenvalue weighted by atomic mass is 9.52. The first-order valence-electron chi connectivity index (χ1n) is 14.0. The summed E-state index contributed by atoms with van der Waals surface area (Å²) in [6, 6.07) is 3.77. The molecule has 7 nitrogen and oxygen atoms in total. The van der Waals surface area contributed by atoms with Crippen LogP contribution in [-0.2, 0) is 14.3 Å². The third-order valence-corrected chi connectivity index (χ3v) is 10.1. The summed E-state index contributed by atoms with van der Waals surface area (Å²) < 4.78 is 36.3. The Morgan fingerprint density at radius 2 is 2.00 bits per heavy atom. The van der Waals surface area contributed by atoms with Gasteiger partial charge in [0.2, 0.25) is 0 Å². The standard InChI is InChI=1S/C28H39F2N3O4S/c1-3-9-38-26-21(6-7-22(31-26)33-8-4-5-17(16-33)12-23(34)36-2)25(35)32-24-19-10-18-11-20(24)15-28(13-18,14-19)37-27(29)30/h6-7,17-20,24,27H,3-5,8-16H2,1-2H3,(H,32,35)/t17-,18?,19?,20?,24-,28+/m0/s1. The molecular formula is C28H39F2N3O4S. The van der Waals surface area contributed by atoms with Crippen molar-refractivity contribution in [1.82, 2.24) is 10.3 Å². The molecule has 3 atom stereocenters. The number of nitrogens with zero attached hydrogens (tertiary/aromatic N) is 2. The number of hydrogen-bond donors (Lipinski definition) is 1.